The molecule has 0 radical (unpaired) electrons. The number of oxazole rings is 1. The van der Waals surface area contributed by atoms with Crippen molar-refractivity contribution in [3.63, 3.8) is 0 Å². The molecule has 1 aromatic carbocycles. The first kappa shape index (κ1) is 20.5. The van der Waals surface area contributed by atoms with Crippen molar-refractivity contribution in [2.24, 2.45) is 0 Å². The Hall–Kier alpha value is -3.27. The molecular formula is C18H21ClN6O4. The van der Waals surface area contributed by atoms with Crippen LogP contribution in [0, 0.1) is 0 Å². The first-order chi connectivity index (χ1) is 13.6. The lowest BCUT2D eigenvalue weighted by atomic mass is 10.2. The molecule has 0 saturated carbocycles. The van der Waals surface area contributed by atoms with Gasteiger partial charge in [0.25, 0.3) is 5.91 Å². The van der Waals surface area contributed by atoms with Crippen molar-refractivity contribution in [1.82, 2.24) is 19.9 Å². The summed E-state index contributed by atoms with van der Waals surface area (Å²) in [7, 11) is 3.13. The Balaban J connectivity index is 0.00000240. The summed E-state index contributed by atoms with van der Waals surface area (Å²) in [6, 6.07) is 3.54. The van der Waals surface area contributed by atoms with Crippen LogP contribution in [-0.4, -0.2) is 66.2 Å². The van der Waals surface area contributed by atoms with E-state index in [4.69, 9.17) is 19.6 Å². The number of fused-ring (bicyclic) bond motifs is 1. The van der Waals surface area contributed by atoms with Gasteiger partial charge in [-0.05, 0) is 6.07 Å². The molecule has 0 bridgehead atoms. The number of piperazine rings is 1. The highest BCUT2D eigenvalue weighted by atomic mass is 35.5. The van der Waals surface area contributed by atoms with Gasteiger partial charge in [-0.1, -0.05) is 0 Å². The average Bonchev–Trinajstić information content (AvgIpc) is 3.27. The van der Waals surface area contributed by atoms with Crippen molar-refractivity contribution in [1.29, 1.82) is 0 Å². The summed E-state index contributed by atoms with van der Waals surface area (Å²) >= 11 is 0. The van der Waals surface area contributed by atoms with Crippen molar-refractivity contribution in [3.05, 3.63) is 30.5 Å². The van der Waals surface area contributed by atoms with Gasteiger partial charge in [-0.3, -0.25) is 4.79 Å². The molecule has 4 rings (SSSR count). The van der Waals surface area contributed by atoms with E-state index in [1.807, 2.05) is 4.90 Å². The standard InChI is InChI=1S/C18H20N6O4.ClH/c1-26-14-7-11-12(8-15(14)27-2)21-18(22-16(11)19)24-5-3-23(4-6-24)17(25)13-9-28-10-20-13;/h7-10H,3-6H2,1-2H3,(H2,19,21,22);1H. The Morgan fingerprint density at radius 2 is 1.79 bits per heavy atom. The summed E-state index contributed by atoms with van der Waals surface area (Å²) in [6.07, 6.45) is 2.60. The van der Waals surface area contributed by atoms with E-state index in [1.54, 1.807) is 31.3 Å². The third-order valence-corrected chi connectivity index (χ3v) is 4.72. The third kappa shape index (κ3) is 3.83. The van der Waals surface area contributed by atoms with Gasteiger partial charge in [0.2, 0.25) is 5.95 Å². The average molecular weight is 421 g/mol. The molecule has 0 aliphatic carbocycles. The van der Waals surface area contributed by atoms with Crippen LogP contribution >= 0.6 is 12.4 Å². The Labute approximate surface area is 173 Å². The normalized spacial score (nSPS) is 13.9. The fourth-order valence-corrected chi connectivity index (χ4v) is 3.20. The minimum atomic E-state index is -0.149. The van der Waals surface area contributed by atoms with E-state index in [0.717, 1.165) is 0 Å². The zero-order valence-electron chi connectivity index (χ0n) is 16.0. The molecule has 1 amide bonds. The van der Waals surface area contributed by atoms with Gasteiger partial charge >= 0.3 is 0 Å². The highest BCUT2D eigenvalue weighted by Gasteiger charge is 2.25. The Morgan fingerprint density at radius 1 is 1.10 bits per heavy atom. The number of hydrogen-bond acceptors (Lipinski definition) is 9. The molecule has 2 aromatic heterocycles. The number of ether oxygens (including phenoxy) is 2. The molecule has 0 atom stereocenters. The van der Waals surface area contributed by atoms with Crippen LogP contribution in [0.1, 0.15) is 10.5 Å². The van der Waals surface area contributed by atoms with Crippen LogP contribution in [0.5, 0.6) is 11.5 Å². The molecule has 29 heavy (non-hydrogen) atoms. The number of carbonyl (C=O) groups excluding carboxylic acids is 1. The van der Waals surface area contributed by atoms with Crippen LogP contribution in [0.3, 0.4) is 0 Å². The van der Waals surface area contributed by atoms with Crippen molar-refractivity contribution in [2.75, 3.05) is 51.0 Å². The number of methoxy groups -OCH3 is 2. The van der Waals surface area contributed by atoms with Gasteiger partial charge in [0.1, 0.15) is 12.1 Å². The van der Waals surface area contributed by atoms with Gasteiger partial charge in [-0.25, -0.2) is 9.97 Å². The highest BCUT2D eigenvalue weighted by molar-refractivity contribution is 5.92. The summed E-state index contributed by atoms with van der Waals surface area (Å²) in [5.74, 6) is 1.87. The number of nitrogens with zero attached hydrogens (tertiary/aromatic N) is 5. The van der Waals surface area contributed by atoms with Crippen molar-refractivity contribution >= 4 is 41.0 Å². The summed E-state index contributed by atoms with van der Waals surface area (Å²) in [5.41, 5.74) is 7.14. The number of nitrogens with two attached hydrogens (primary N) is 1. The molecule has 1 aliphatic rings. The monoisotopic (exact) mass is 420 g/mol. The predicted molar refractivity (Wildman–Crippen MR) is 109 cm³/mol. The summed E-state index contributed by atoms with van der Waals surface area (Å²) in [4.78, 5) is 29.1. The summed E-state index contributed by atoms with van der Waals surface area (Å²) < 4.78 is 15.5. The number of hydrogen-bond donors (Lipinski definition) is 1. The van der Waals surface area contributed by atoms with E-state index < -0.39 is 0 Å². The second-order valence-electron chi connectivity index (χ2n) is 6.29. The van der Waals surface area contributed by atoms with Gasteiger partial charge < -0.3 is 29.4 Å². The van der Waals surface area contributed by atoms with Crippen molar-refractivity contribution in [2.45, 2.75) is 0 Å². The van der Waals surface area contributed by atoms with Gasteiger partial charge in [-0.15, -0.1) is 12.4 Å². The molecule has 1 fully saturated rings. The third-order valence-electron chi connectivity index (χ3n) is 4.72. The summed E-state index contributed by atoms with van der Waals surface area (Å²) in [5, 5.41) is 0.696. The van der Waals surface area contributed by atoms with Crippen LogP contribution in [0.25, 0.3) is 10.9 Å². The molecule has 10 nitrogen and oxygen atoms in total. The predicted octanol–water partition coefficient (Wildman–Crippen LogP) is 1.60. The minimum absolute atomic E-state index is 0. The maximum Gasteiger partial charge on any atom is 0.275 e. The van der Waals surface area contributed by atoms with Gasteiger partial charge in [0.15, 0.2) is 23.6 Å². The second-order valence-corrected chi connectivity index (χ2v) is 6.29. The SMILES string of the molecule is COc1cc2nc(N3CCN(C(=O)c4cocn4)CC3)nc(N)c2cc1OC.Cl. The fraction of sp³-hybridized carbons (Fsp3) is 0.333. The van der Waals surface area contributed by atoms with E-state index in [-0.39, 0.29) is 18.3 Å². The zero-order chi connectivity index (χ0) is 19.7. The number of rotatable bonds is 4. The molecule has 3 heterocycles. The first-order valence-electron chi connectivity index (χ1n) is 8.72. The van der Waals surface area contributed by atoms with E-state index in [9.17, 15) is 4.79 Å². The van der Waals surface area contributed by atoms with Gasteiger partial charge in [0, 0.05) is 37.6 Å². The lowest BCUT2D eigenvalue weighted by molar-refractivity contribution is 0.0740. The number of anilines is 2. The first-order valence-corrected chi connectivity index (χ1v) is 8.72. The van der Waals surface area contributed by atoms with Crippen LogP contribution < -0.4 is 20.1 Å². The fourth-order valence-electron chi connectivity index (χ4n) is 3.20. The molecule has 0 spiro atoms. The molecule has 1 aliphatic heterocycles. The van der Waals surface area contributed by atoms with E-state index in [2.05, 4.69) is 15.0 Å². The number of benzene rings is 1. The number of aromatic nitrogens is 3. The smallest absolute Gasteiger partial charge is 0.275 e. The lowest BCUT2D eigenvalue weighted by Gasteiger charge is -2.34. The number of amides is 1. The highest BCUT2D eigenvalue weighted by Crippen LogP contribution is 2.34. The Kier molecular flexibility index (Phi) is 5.92. The van der Waals surface area contributed by atoms with Gasteiger partial charge in [0.05, 0.1) is 19.7 Å². The van der Waals surface area contributed by atoms with Crippen molar-refractivity contribution < 1.29 is 18.7 Å². The molecule has 2 N–H and O–H groups in total. The van der Waals surface area contributed by atoms with E-state index in [1.165, 1.54) is 12.7 Å². The minimum Gasteiger partial charge on any atom is -0.493 e. The van der Waals surface area contributed by atoms with Crippen LogP contribution in [0.15, 0.2) is 29.2 Å². The molecule has 0 unspecified atom stereocenters. The largest absolute Gasteiger partial charge is 0.493 e. The molecule has 3 aromatic rings. The number of carbonyl (C=O) groups is 1. The maximum atomic E-state index is 12.4. The van der Waals surface area contributed by atoms with Crippen LogP contribution in [-0.2, 0) is 0 Å². The molecule has 1 saturated heterocycles. The Morgan fingerprint density at radius 3 is 2.41 bits per heavy atom. The zero-order valence-corrected chi connectivity index (χ0v) is 16.8. The Bertz CT molecular complexity index is 1010. The van der Waals surface area contributed by atoms with Gasteiger partial charge in [-0.2, -0.15) is 4.98 Å². The van der Waals surface area contributed by atoms with Crippen LogP contribution in [0.4, 0.5) is 11.8 Å². The van der Waals surface area contributed by atoms with Crippen molar-refractivity contribution in [3.8, 4) is 11.5 Å². The molecule has 11 heteroatoms. The molecule has 154 valence electrons. The number of nitrogen functional groups attached to an aromatic ring is 1. The topological polar surface area (TPSA) is 120 Å². The van der Waals surface area contributed by atoms with Crippen LogP contribution in [0.2, 0.25) is 0 Å². The number of halogens is 1. The quantitative estimate of drug-likeness (QED) is 0.670. The van der Waals surface area contributed by atoms with E-state index in [0.29, 0.717) is 66.0 Å². The second kappa shape index (κ2) is 8.39. The maximum absolute atomic E-state index is 12.4. The van der Waals surface area contributed by atoms with E-state index >= 15 is 0 Å². The lowest BCUT2D eigenvalue weighted by Crippen LogP contribution is -2.49. The molecular weight excluding hydrogens is 400 g/mol. The summed E-state index contributed by atoms with van der Waals surface area (Å²) in [6.45, 7) is 2.22.